The van der Waals surface area contributed by atoms with Crippen LogP contribution in [-0.2, 0) is 17.9 Å². The van der Waals surface area contributed by atoms with Gasteiger partial charge in [0.1, 0.15) is 5.82 Å². The van der Waals surface area contributed by atoms with E-state index >= 15 is 0 Å². The van der Waals surface area contributed by atoms with Crippen molar-refractivity contribution in [1.82, 2.24) is 30.0 Å². The Hall–Kier alpha value is -3.06. The lowest BCUT2D eigenvalue weighted by Crippen LogP contribution is -2.46. The Bertz CT molecular complexity index is 1010. The second kappa shape index (κ2) is 8.98. The van der Waals surface area contributed by atoms with Gasteiger partial charge in [0.05, 0.1) is 5.92 Å². The third-order valence-corrected chi connectivity index (χ3v) is 6.40. The van der Waals surface area contributed by atoms with Gasteiger partial charge in [0, 0.05) is 50.2 Å². The molecule has 1 fully saturated rings. The third kappa shape index (κ3) is 4.37. The number of amides is 1. The molecule has 2 aromatic heterocycles. The van der Waals surface area contributed by atoms with Crippen molar-refractivity contribution in [2.75, 3.05) is 13.1 Å². The highest BCUT2D eigenvalue weighted by molar-refractivity contribution is 5.83. The van der Waals surface area contributed by atoms with Crippen LogP contribution in [0.3, 0.4) is 0 Å². The Kier molecular flexibility index (Phi) is 5.76. The number of pyridine rings is 1. The van der Waals surface area contributed by atoms with Gasteiger partial charge in [-0.2, -0.15) is 0 Å². The van der Waals surface area contributed by atoms with Crippen LogP contribution in [0.2, 0.25) is 0 Å². The van der Waals surface area contributed by atoms with E-state index in [1.54, 1.807) is 12.4 Å². The highest BCUT2D eigenvalue weighted by Gasteiger charge is 2.32. The molecule has 2 aliphatic heterocycles. The molecule has 3 aromatic rings. The van der Waals surface area contributed by atoms with Gasteiger partial charge < -0.3 is 9.88 Å². The van der Waals surface area contributed by atoms with E-state index in [4.69, 9.17) is 0 Å². The molecule has 1 amide bonds. The van der Waals surface area contributed by atoms with Crippen molar-refractivity contribution in [2.45, 2.75) is 50.7 Å². The summed E-state index contributed by atoms with van der Waals surface area (Å²) < 4.78 is 2.10. The number of piperidine rings is 1. The molecule has 1 N–H and O–H groups in total. The number of likely N-dealkylation sites (tertiary alicyclic amines) is 1. The third-order valence-electron chi connectivity index (χ3n) is 6.40. The molecule has 7 nitrogen and oxygen atoms in total. The minimum Gasteiger partial charge on any atom is -0.353 e. The van der Waals surface area contributed by atoms with Crippen LogP contribution in [0.1, 0.15) is 43.0 Å². The van der Waals surface area contributed by atoms with Crippen LogP contribution >= 0.6 is 0 Å². The van der Waals surface area contributed by atoms with Gasteiger partial charge in [0.25, 0.3) is 0 Å². The summed E-state index contributed by atoms with van der Waals surface area (Å²) in [7, 11) is 0. The van der Waals surface area contributed by atoms with E-state index in [0.717, 1.165) is 69.1 Å². The van der Waals surface area contributed by atoms with E-state index in [0.29, 0.717) is 0 Å². The molecule has 31 heavy (non-hydrogen) atoms. The molecule has 1 saturated heterocycles. The highest BCUT2D eigenvalue weighted by atomic mass is 16.2. The molecule has 0 bridgehead atoms. The maximum Gasteiger partial charge on any atom is 0.231 e. The number of aromatic nitrogens is 4. The zero-order chi connectivity index (χ0) is 21.0. The molecular formula is C24H28N6O. The molecule has 0 spiro atoms. The molecule has 160 valence electrons. The Morgan fingerprint density at radius 3 is 2.52 bits per heavy atom. The van der Waals surface area contributed by atoms with Crippen molar-refractivity contribution in [3.63, 3.8) is 0 Å². The Morgan fingerprint density at radius 2 is 1.74 bits per heavy atom. The molecule has 0 saturated carbocycles. The Balaban J connectivity index is 1.20. The number of fused-ring (bicyclic) bond motifs is 1. The van der Waals surface area contributed by atoms with E-state index in [-0.39, 0.29) is 17.9 Å². The van der Waals surface area contributed by atoms with E-state index < -0.39 is 0 Å². The van der Waals surface area contributed by atoms with Gasteiger partial charge in [-0.3, -0.25) is 14.7 Å². The predicted octanol–water partition coefficient (Wildman–Crippen LogP) is 3.00. The fraction of sp³-hybridized carbons (Fsp3) is 0.417. The molecule has 4 heterocycles. The van der Waals surface area contributed by atoms with Crippen LogP contribution in [0.5, 0.6) is 0 Å². The van der Waals surface area contributed by atoms with Gasteiger partial charge >= 0.3 is 0 Å². The molecule has 1 atom stereocenters. The number of hydrogen-bond donors (Lipinski definition) is 1. The normalized spacial score (nSPS) is 19.7. The van der Waals surface area contributed by atoms with Crippen molar-refractivity contribution in [3.05, 3.63) is 66.2 Å². The van der Waals surface area contributed by atoms with Crippen LogP contribution in [0, 0.1) is 0 Å². The lowest BCUT2D eigenvalue weighted by molar-refractivity contribution is -0.124. The summed E-state index contributed by atoms with van der Waals surface area (Å²) >= 11 is 0. The van der Waals surface area contributed by atoms with E-state index in [9.17, 15) is 4.79 Å². The minimum atomic E-state index is -0.223. The zero-order valence-corrected chi connectivity index (χ0v) is 17.7. The van der Waals surface area contributed by atoms with E-state index in [1.807, 2.05) is 12.1 Å². The number of hydrogen-bond acceptors (Lipinski definition) is 5. The molecule has 7 heteroatoms. The average Bonchev–Trinajstić information content (AvgIpc) is 3.26. The standard InChI is InChI=1S/C24H28N6O/c31-24(26-20-10-15-29(16-11-20)17-18-5-2-1-3-6-18)21-7-4-14-30-22(27-28-23(21)30)19-8-12-25-13-9-19/h1-3,5-6,8-9,12-13,20-21H,4,7,10-11,14-17H2,(H,26,31). The van der Waals surface area contributed by atoms with Gasteiger partial charge in [-0.15, -0.1) is 10.2 Å². The maximum atomic E-state index is 13.1. The summed E-state index contributed by atoms with van der Waals surface area (Å²) in [4.78, 5) is 19.7. The Labute approximate surface area is 182 Å². The summed E-state index contributed by atoms with van der Waals surface area (Å²) in [5.41, 5.74) is 2.33. The summed E-state index contributed by atoms with van der Waals surface area (Å²) in [6.07, 6.45) is 7.27. The van der Waals surface area contributed by atoms with Crippen LogP contribution < -0.4 is 5.32 Å². The SMILES string of the molecule is O=C(NC1CCN(Cc2ccccc2)CC1)C1CCCn2c(-c3ccncc3)nnc21. The van der Waals surface area contributed by atoms with Crippen LogP contribution in [0.25, 0.3) is 11.4 Å². The number of carbonyl (C=O) groups is 1. The second-order valence-electron chi connectivity index (χ2n) is 8.51. The summed E-state index contributed by atoms with van der Waals surface area (Å²) in [6, 6.07) is 14.7. The van der Waals surface area contributed by atoms with Gasteiger partial charge in [-0.25, -0.2) is 0 Å². The first-order chi connectivity index (χ1) is 15.3. The number of nitrogens with zero attached hydrogens (tertiary/aromatic N) is 5. The number of benzene rings is 1. The smallest absolute Gasteiger partial charge is 0.231 e. The first kappa shape index (κ1) is 19.9. The second-order valence-corrected chi connectivity index (χ2v) is 8.51. The maximum absolute atomic E-state index is 13.1. The van der Waals surface area contributed by atoms with E-state index in [2.05, 4.69) is 60.3 Å². The van der Waals surface area contributed by atoms with Crippen LogP contribution in [0.15, 0.2) is 54.9 Å². The highest BCUT2D eigenvalue weighted by Crippen LogP contribution is 2.30. The fourth-order valence-corrected chi connectivity index (χ4v) is 4.72. The summed E-state index contributed by atoms with van der Waals surface area (Å²) in [5.74, 6) is 1.48. The van der Waals surface area contributed by atoms with E-state index in [1.165, 1.54) is 5.56 Å². The number of carbonyl (C=O) groups excluding carboxylic acids is 1. The van der Waals surface area contributed by atoms with Gasteiger partial charge in [0.2, 0.25) is 5.91 Å². The molecule has 1 unspecified atom stereocenters. The molecular weight excluding hydrogens is 388 g/mol. The Morgan fingerprint density at radius 1 is 0.968 bits per heavy atom. The predicted molar refractivity (Wildman–Crippen MR) is 118 cm³/mol. The van der Waals surface area contributed by atoms with Crippen molar-refractivity contribution in [1.29, 1.82) is 0 Å². The lowest BCUT2D eigenvalue weighted by Gasteiger charge is -2.33. The van der Waals surface area contributed by atoms with Gasteiger partial charge in [0.15, 0.2) is 5.82 Å². The van der Waals surface area contributed by atoms with Crippen molar-refractivity contribution >= 4 is 5.91 Å². The van der Waals surface area contributed by atoms with Crippen molar-refractivity contribution in [2.24, 2.45) is 0 Å². The van der Waals surface area contributed by atoms with Crippen LogP contribution in [-0.4, -0.2) is 49.7 Å². The monoisotopic (exact) mass is 416 g/mol. The first-order valence-electron chi connectivity index (χ1n) is 11.2. The number of nitrogens with one attached hydrogen (secondary N) is 1. The lowest BCUT2D eigenvalue weighted by atomic mass is 9.96. The number of rotatable bonds is 5. The largest absolute Gasteiger partial charge is 0.353 e. The molecule has 5 rings (SSSR count). The topological polar surface area (TPSA) is 75.9 Å². The first-order valence-corrected chi connectivity index (χ1v) is 11.2. The van der Waals surface area contributed by atoms with Gasteiger partial charge in [-0.05, 0) is 43.4 Å². The quantitative estimate of drug-likeness (QED) is 0.692. The van der Waals surface area contributed by atoms with Crippen LogP contribution in [0.4, 0.5) is 0 Å². The zero-order valence-electron chi connectivity index (χ0n) is 17.7. The molecule has 0 radical (unpaired) electrons. The fourth-order valence-electron chi connectivity index (χ4n) is 4.72. The van der Waals surface area contributed by atoms with Crippen molar-refractivity contribution < 1.29 is 4.79 Å². The average molecular weight is 417 g/mol. The summed E-state index contributed by atoms with van der Waals surface area (Å²) in [5, 5.41) is 12.1. The van der Waals surface area contributed by atoms with Crippen molar-refractivity contribution in [3.8, 4) is 11.4 Å². The summed E-state index contributed by atoms with van der Waals surface area (Å²) in [6.45, 7) is 3.84. The molecule has 2 aliphatic rings. The molecule has 0 aliphatic carbocycles. The minimum absolute atomic E-state index is 0.0936. The molecule has 1 aromatic carbocycles. The van der Waals surface area contributed by atoms with Gasteiger partial charge in [-0.1, -0.05) is 30.3 Å².